The zero-order valence-electron chi connectivity index (χ0n) is 14.4. The Labute approximate surface area is 157 Å². The molecule has 0 aliphatic heterocycles. The number of rotatable bonds is 7. The van der Waals surface area contributed by atoms with Crippen LogP contribution in [0.4, 0.5) is 10.1 Å². The summed E-state index contributed by atoms with van der Waals surface area (Å²) in [4.78, 5) is 12.5. The van der Waals surface area contributed by atoms with E-state index in [0.717, 1.165) is 24.3 Å². The van der Waals surface area contributed by atoms with Crippen LogP contribution in [-0.4, -0.2) is 20.4 Å². The van der Waals surface area contributed by atoms with Crippen LogP contribution in [0, 0.1) is 11.7 Å². The van der Waals surface area contributed by atoms with Crippen LogP contribution in [0.2, 0.25) is 5.02 Å². The summed E-state index contributed by atoms with van der Waals surface area (Å²) in [6.45, 7) is 3.77. The van der Waals surface area contributed by atoms with E-state index in [1.54, 1.807) is 24.3 Å². The summed E-state index contributed by atoms with van der Waals surface area (Å²) in [6.07, 6.45) is 0.305. The van der Waals surface area contributed by atoms with Crippen molar-refractivity contribution in [1.29, 1.82) is 0 Å². The van der Waals surface area contributed by atoms with Crippen molar-refractivity contribution >= 4 is 33.2 Å². The van der Waals surface area contributed by atoms with Crippen LogP contribution >= 0.6 is 11.6 Å². The van der Waals surface area contributed by atoms with Crippen molar-refractivity contribution in [2.45, 2.75) is 31.2 Å². The molecule has 0 spiro atoms. The monoisotopic (exact) mass is 398 g/mol. The van der Waals surface area contributed by atoms with Crippen molar-refractivity contribution in [3.8, 4) is 0 Å². The Morgan fingerprint density at radius 3 is 2.19 bits per heavy atom. The van der Waals surface area contributed by atoms with E-state index >= 15 is 0 Å². The highest BCUT2D eigenvalue weighted by Crippen LogP contribution is 2.17. The van der Waals surface area contributed by atoms with E-state index < -0.39 is 27.8 Å². The molecule has 0 bridgehead atoms. The Bertz CT molecular complexity index is 853. The summed E-state index contributed by atoms with van der Waals surface area (Å²) in [5, 5.41) is 3.20. The third kappa shape index (κ3) is 5.79. The second-order valence-electron chi connectivity index (χ2n) is 6.25. The second kappa shape index (κ2) is 8.62. The lowest BCUT2D eigenvalue weighted by molar-refractivity contribution is -0.118. The standard InChI is InChI=1S/C18H20ClFN2O3S/c1-12(2)11-17(18(23)21-15-7-3-13(19)4-8-15)22-26(24,25)16-9-5-14(20)6-10-16/h3-10,12,17,22H,11H2,1-2H3,(H,21,23)/t17-/m1/s1. The number of carbonyl (C=O) groups excluding carboxylic acids is 1. The summed E-state index contributed by atoms with van der Waals surface area (Å²) >= 11 is 5.81. The van der Waals surface area contributed by atoms with Crippen LogP contribution in [-0.2, 0) is 14.8 Å². The Kier molecular flexibility index (Phi) is 6.75. The molecule has 0 fully saturated rings. The predicted octanol–water partition coefficient (Wildman–Crippen LogP) is 3.81. The third-order valence-corrected chi connectivity index (χ3v) is 5.30. The minimum atomic E-state index is -3.96. The number of halogens is 2. The first kappa shape index (κ1) is 20.4. The summed E-state index contributed by atoms with van der Waals surface area (Å²) in [5.41, 5.74) is 0.508. The van der Waals surface area contributed by atoms with E-state index in [9.17, 15) is 17.6 Å². The zero-order valence-corrected chi connectivity index (χ0v) is 15.9. The molecular weight excluding hydrogens is 379 g/mol. The molecule has 26 heavy (non-hydrogen) atoms. The lowest BCUT2D eigenvalue weighted by Crippen LogP contribution is -2.44. The molecule has 0 aromatic heterocycles. The number of amides is 1. The Balaban J connectivity index is 2.19. The average Bonchev–Trinajstić information content (AvgIpc) is 2.56. The maximum Gasteiger partial charge on any atom is 0.242 e. The molecule has 0 saturated carbocycles. The highest BCUT2D eigenvalue weighted by atomic mass is 35.5. The summed E-state index contributed by atoms with van der Waals surface area (Å²) < 4.78 is 40.4. The summed E-state index contributed by atoms with van der Waals surface area (Å²) in [5.74, 6) is -0.943. The molecule has 140 valence electrons. The minimum Gasteiger partial charge on any atom is -0.325 e. The predicted molar refractivity (Wildman–Crippen MR) is 100 cm³/mol. The maximum absolute atomic E-state index is 13.0. The van der Waals surface area contributed by atoms with Crippen LogP contribution in [0.15, 0.2) is 53.4 Å². The first-order valence-electron chi connectivity index (χ1n) is 8.01. The number of hydrogen-bond donors (Lipinski definition) is 2. The normalized spacial score (nSPS) is 12.8. The molecule has 2 aromatic carbocycles. The smallest absolute Gasteiger partial charge is 0.242 e. The molecular formula is C18H20ClFN2O3S. The number of benzene rings is 2. The van der Waals surface area contributed by atoms with Crippen molar-refractivity contribution in [2.75, 3.05) is 5.32 Å². The van der Waals surface area contributed by atoms with E-state index in [-0.39, 0.29) is 10.8 Å². The molecule has 0 aliphatic rings. The van der Waals surface area contributed by atoms with Gasteiger partial charge in [0.05, 0.1) is 4.90 Å². The van der Waals surface area contributed by atoms with Gasteiger partial charge in [-0.3, -0.25) is 4.79 Å². The van der Waals surface area contributed by atoms with Gasteiger partial charge < -0.3 is 5.32 Å². The molecule has 2 N–H and O–H groups in total. The van der Waals surface area contributed by atoms with Crippen molar-refractivity contribution in [2.24, 2.45) is 5.92 Å². The van der Waals surface area contributed by atoms with Crippen LogP contribution in [0.1, 0.15) is 20.3 Å². The molecule has 0 aliphatic carbocycles. The van der Waals surface area contributed by atoms with Gasteiger partial charge in [-0.05, 0) is 60.9 Å². The average molecular weight is 399 g/mol. The van der Waals surface area contributed by atoms with Gasteiger partial charge in [0.2, 0.25) is 15.9 Å². The van der Waals surface area contributed by atoms with E-state index in [0.29, 0.717) is 17.1 Å². The number of hydrogen-bond acceptors (Lipinski definition) is 3. The molecule has 1 atom stereocenters. The molecule has 8 heteroatoms. The first-order chi connectivity index (χ1) is 12.2. The van der Waals surface area contributed by atoms with E-state index in [4.69, 9.17) is 11.6 Å². The second-order valence-corrected chi connectivity index (χ2v) is 8.40. The molecule has 2 aromatic rings. The highest BCUT2D eigenvalue weighted by Gasteiger charge is 2.26. The van der Waals surface area contributed by atoms with Gasteiger partial charge >= 0.3 is 0 Å². The van der Waals surface area contributed by atoms with Crippen LogP contribution in [0.3, 0.4) is 0 Å². The van der Waals surface area contributed by atoms with Gasteiger partial charge in [0.25, 0.3) is 0 Å². The van der Waals surface area contributed by atoms with Gasteiger partial charge in [0.1, 0.15) is 11.9 Å². The molecule has 0 radical (unpaired) electrons. The zero-order chi connectivity index (χ0) is 19.3. The van der Waals surface area contributed by atoms with Gasteiger partial charge in [-0.2, -0.15) is 4.72 Å². The Morgan fingerprint density at radius 1 is 1.08 bits per heavy atom. The van der Waals surface area contributed by atoms with Crippen LogP contribution in [0.25, 0.3) is 0 Å². The van der Waals surface area contributed by atoms with Gasteiger partial charge in [0, 0.05) is 10.7 Å². The molecule has 0 unspecified atom stereocenters. The summed E-state index contributed by atoms with van der Waals surface area (Å²) in [6, 6.07) is 9.94. The van der Waals surface area contributed by atoms with Crippen LogP contribution < -0.4 is 10.0 Å². The number of nitrogens with one attached hydrogen (secondary N) is 2. The van der Waals surface area contributed by atoms with Gasteiger partial charge in [-0.15, -0.1) is 0 Å². The first-order valence-corrected chi connectivity index (χ1v) is 9.88. The molecule has 1 amide bonds. The van der Waals surface area contributed by atoms with Gasteiger partial charge in [-0.25, -0.2) is 12.8 Å². The van der Waals surface area contributed by atoms with E-state index in [1.165, 1.54) is 0 Å². The van der Waals surface area contributed by atoms with Crippen molar-refractivity contribution in [3.05, 3.63) is 59.4 Å². The molecule has 2 rings (SSSR count). The lowest BCUT2D eigenvalue weighted by atomic mass is 10.0. The van der Waals surface area contributed by atoms with Crippen molar-refractivity contribution < 1.29 is 17.6 Å². The largest absolute Gasteiger partial charge is 0.325 e. The number of sulfonamides is 1. The van der Waals surface area contributed by atoms with E-state index in [1.807, 2.05) is 13.8 Å². The third-order valence-electron chi connectivity index (χ3n) is 3.56. The highest BCUT2D eigenvalue weighted by molar-refractivity contribution is 7.89. The minimum absolute atomic E-state index is 0.0758. The number of carbonyl (C=O) groups is 1. The molecule has 0 saturated heterocycles. The molecule has 0 heterocycles. The molecule has 5 nitrogen and oxygen atoms in total. The summed E-state index contributed by atoms with van der Waals surface area (Å²) in [7, 11) is -3.96. The lowest BCUT2D eigenvalue weighted by Gasteiger charge is -2.20. The van der Waals surface area contributed by atoms with Crippen LogP contribution in [0.5, 0.6) is 0 Å². The van der Waals surface area contributed by atoms with Gasteiger partial charge in [0.15, 0.2) is 0 Å². The fourth-order valence-corrected chi connectivity index (χ4v) is 3.65. The van der Waals surface area contributed by atoms with Gasteiger partial charge in [-0.1, -0.05) is 25.4 Å². The fraction of sp³-hybridized carbons (Fsp3) is 0.278. The topological polar surface area (TPSA) is 75.3 Å². The Hall–Kier alpha value is -1.96. The number of anilines is 1. The fourth-order valence-electron chi connectivity index (χ4n) is 2.31. The van der Waals surface area contributed by atoms with Crippen molar-refractivity contribution in [1.82, 2.24) is 4.72 Å². The maximum atomic E-state index is 13.0. The Morgan fingerprint density at radius 2 is 1.65 bits per heavy atom. The van der Waals surface area contributed by atoms with E-state index in [2.05, 4.69) is 10.0 Å². The van der Waals surface area contributed by atoms with Crippen molar-refractivity contribution in [3.63, 3.8) is 0 Å². The quantitative estimate of drug-likeness (QED) is 0.744. The SMILES string of the molecule is CC(C)C[C@@H](NS(=O)(=O)c1ccc(F)cc1)C(=O)Nc1ccc(Cl)cc1.